The van der Waals surface area contributed by atoms with E-state index in [1.165, 1.54) is 6.54 Å². The largest absolute Gasteiger partial charge is 1.00 e. The molecule has 4 nitrogen and oxygen atoms in total. The summed E-state index contributed by atoms with van der Waals surface area (Å²) in [5.41, 5.74) is -0.321. The summed E-state index contributed by atoms with van der Waals surface area (Å²) in [6.07, 6.45) is 2.89. The first-order valence-corrected chi connectivity index (χ1v) is 7.81. The average Bonchev–Trinajstić information content (AvgIpc) is 2.89. The second-order valence-electron chi connectivity index (χ2n) is 6.91. The maximum atomic E-state index is 12.8. The van der Waals surface area contributed by atoms with E-state index in [0.29, 0.717) is 12.5 Å². The van der Waals surface area contributed by atoms with Gasteiger partial charge >= 0.3 is 58.2 Å². The molecule has 2 saturated heterocycles. The number of ketones is 1. The zero-order valence-corrected chi connectivity index (χ0v) is 19.1. The number of likely N-dealkylation sites (tertiary alicyclic amines) is 2. The van der Waals surface area contributed by atoms with Crippen LogP contribution in [0.1, 0.15) is 47.0 Å². The number of carbonyl (C=O) groups is 2. The van der Waals surface area contributed by atoms with Crippen LogP contribution in [0.15, 0.2) is 0 Å². The van der Waals surface area contributed by atoms with E-state index in [4.69, 9.17) is 0 Å². The third-order valence-electron chi connectivity index (χ3n) is 4.49. The van der Waals surface area contributed by atoms with E-state index in [9.17, 15) is 9.59 Å². The van der Waals surface area contributed by atoms with Gasteiger partial charge in [-0.25, -0.2) is 6.54 Å². The molecule has 2 aliphatic rings. The molecule has 0 N–H and O–H groups in total. The van der Waals surface area contributed by atoms with Crippen molar-refractivity contribution in [2.75, 3.05) is 19.6 Å². The molecule has 0 bridgehead atoms. The van der Waals surface area contributed by atoms with Crippen LogP contribution in [-0.2, 0) is 9.59 Å². The second-order valence-corrected chi connectivity index (χ2v) is 6.91. The standard InChI is InChI=1S/C16H27N2O2.Rb/c1-12(2)10-18-8-5-6-16(18)7-9-17(15(16)20)11-14(19)13(3)4;/h11-13H,5-10H2,1-4H3;/q-1;+1/t16-;/m1./s1. The van der Waals surface area contributed by atoms with Crippen molar-refractivity contribution >= 4 is 11.7 Å². The number of hydrogen-bond donors (Lipinski definition) is 0. The summed E-state index contributed by atoms with van der Waals surface area (Å²) < 4.78 is 0. The van der Waals surface area contributed by atoms with Crippen LogP contribution in [-0.4, -0.2) is 46.7 Å². The summed E-state index contributed by atoms with van der Waals surface area (Å²) in [7, 11) is 0. The number of carbonyl (C=O) groups excluding carboxylic acids is 2. The van der Waals surface area contributed by atoms with Crippen LogP contribution in [0, 0.1) is 18.4 Å². The second kappa shape index (κ2) is 8.05. The van der Waals surface area contributed by atoms with Gasteiger partial charge in [0.05, 0.1) is 5.54 Å². The molecule has 2 heterocycles. The fraction of sp³-hybridized carbons (Fsp3) is 0.812. The Kier molecular flexibility index (Phi) is 7.59. The molecule has 114 valence electrons. The molecule has 2 aliphatic heterocycles. The van der Waals surface area contributed by atoms with Gasteiger partial charge in [0.1, 0.15) is 0 Å². The topological polar surface area (TPSA) is 40.6 Å². The van der Waals surface area contributed by atoms with Crippen LogP contribution in [0.2, 0.25) is 0 Å². The van der Waals surface area contributed by atoms with Gasteiger partial charge in [0.25, 0.3) is 0 Å². The van der Waals surface area contributed by atoms with Gasteiger partial charge in [-0.1, -0.05) is 27.7 Å². The van der Waals surface area contributed by atoms with Crippen molar-refractivity contribution in [3.05, 3.63) is 6.54 Å². The van der Waals surface area contributed by atoms with Gasteiger partial charge in [-0.05, 0) is 44.2 Å². The summed E-state index contributed by atoms with van der Waals surface area (Å²) in [4.78, 5) is 28.6. The molecule has 0 aromatic heterocycles. The number of Topliss-reactive ketones (excluding diaryl/α,β-unsaturated/α-hetero) is 1. The van der Waals surface area contributed by atoms with Crippen molar-refractivity contribution in [3.8, 4) is 0 Å². The number of nitrogens with zero attached hydrogens (tertiary/aromatic N) is 2. The number of hydrogen-bond acceptors (Lipinski definition) is 3. The SMILES string of the molecule is CC(C)CN1CCC[C@]12CCN([CH-]C(=O)C(C)C)C2=O.[Rb+]. The summed E-state index contributed by atoms with van der Waals surface area (Å²) in [6.45, 7) is 12.3. The van der Waals surface area contributed by atoms with Crippen LogP contribution in [0.3, 0.4) is 0 Å². The first kappa shape index (κ1) is 19.8. The molecule has 1 amide bonds. The molecule has 0 saturated carbocycles. The number of amides is 1. The maximum Gasteiger partial charge on any atom is 1.00 e. The smallest absolute Gasteiger partial charge is 0.469 e. The zero-order chi connectivity index (χ0) is 14.9. The Bertz CT molecular complexity index is 398. The third kappa shape index (κ3) is 4.20. The summed E-state index contributed by atoms with van der Waals surface area (Å²) in [5.74, 6) is 0.705. The molecule has 1 atom stereocenters. The summed E-state index contributed by atoms with van der Waals surface area (Å²) in [5, 5.41) is 0. The van der Waals surface area contributed by atoms with E-state index in [2.05, 4.69) is 18.7 Å². The van der Waals surface area contributed by atoms with E-state index in [0.717, 1.165) is 32.4 Å². The van der Waals surface area contributed by atoms with Gasteiger partial charge in [0.2, 0.25) is 5.91 Å². The van der Waals surface area contributed by atoms with E-state index >= 15 is 0 Å². The molecule has 0 aliphatic carbocycles. The maximum absolute atomic E-state index is 12.8. The van der Waals surface area contributed by atoms with Gasteiger partial charge in [-0.15, -0.1) is 0 Å². The first-order chi connectivity index (χ1) is 9.36. The fourth-order valence-corrected chi connectivity index (χ4v) is 3.37. The van der Waals surface area contributed by atoms with Crippen LogP contribution >= 0.6 is 0 Å². The van der Waals surface area contributed by atoms with Crippen LogP contribution in [0.25, 0.3) is 0 Å². The van der Waals surface area contributed by atoms with Crippen molar-refractivity contribution in [1.82, 2.24) is 9.80 Å². The molecule has 2 rings (SSSR count). The number of rotatable bonds is 5. The minimum atomic E-state index is -0.321. The normalized spacial score (nSPS) is 26.0. The minimum absolute atomic E-state index is 0. The zero-order valence-electron chi connectivity index (χ0n) is 14.2. The Morgan fingerprint density at radius 2 is 1.90 bits per heavy atom. The van der Waals surface area contributed by atoms with Crippen molar-refractivity contribution in [2.45, 2.75) is 52.5 Å². The van der Waals surface area contributed by atoms with Crippen LogP contribution < -0.4 is 58.2 Å². The summed E-state index contributed by atoms with van der Waals surface area (Å²) >= 11 is 0. The van der Waals surface area contributed by atoms with E-state index in [-0.39, 0.29) is 81.3 Å². The molecular weight excluding hydrogens is 338 g/mol. The van der Waals surface area contributed by atoms with Crippen molar-refractivity contribution in [3.63, 3.8) is 0 Å². The van der Waals surface area contributed by atoms with Gasteiger partial charge < -0.3 is 9.69 Å². The van der Waals surface area contributed by atoms with E-state index < -0.39 is 0 Å². The average molecular weight is 365 g/mol. The summed E-state index contributed by atoms with van der Waals surface area (Å²) in [6, 6.07) is 0. The molecule has 2 fully saturated rings. The Morgan fingerprint density at radius 3 is 2.48 bits per heavy atom. The molecule has 0 aromatic carbocycles. The van der Waals surface area contributed by atoms with Crippen LogP contribution in [0.5, 0.6) is 0 Å². The molecule has 0 radical (unpaired) electrons. The molecule has 21 heavy (non-hydrogen) atoms. The minimum Gasteiger partial charge on any atom is -0.469 e. The molecular formula is C16H27N2O2Rb. The van der Waals surface area contributed by atoms with Crippen molar-refractivity contribution in [2.24, 2.45) is 11.8 Å². The van der Waals surface area contributed by atoms with Gasteiger partial charge in [0.15, 0.2) is 0 Å². The quantitative estimate of drug-likeness (QED) is 0.594. The molecule has 0 aromatic rings. The van der Waals surface area contributed by atoms with E-state index in [1.54, 1.807) is 4.90 Å². The van der Waals surface area contributed by atoms with Gasteiger partial charge in [-0.2, -0.15) is 0 Å². The predicted molar refractivity (Wildman–Crippen MR) is 78.9 cm³/mol. The van der Waals surface area contributed by atoms with Crippen molar-refractivity contribution < 1.29 is 67.8 Å². The molecule has 0 unspecified atom stereocenters. The third-order valence-corrected chi connectivity index (χ3v) is 4.49. The predicted octanol–water partition coefficient (Wildman–Crippen LogP) is -0.900. The van der Waals surface area contributed by atoms with Gasteiger partial charge in [0, 0.05) is 12.3 Å². The molecule has 5 heteroatoms. The van der Waals surface area contributed by atoms with Gasteiger partial charge in [-0.3, -0.25) is 9.69 Å². The Balaban J connectivity index is 0.00000220. The Morgan fingerprint density at radius 1 is 1.24 bits per heavy atom. The Labute approximate surface area is 177 Å². The monoisotopic (exact) mass is 364 g/mol. The first-order valence-electron chi connectivity index (χ1n) is 7.81. The van der Waals surface area contributed by atoms with Crippen LogP contribution in [0.4, 0.5) is 0 Å². The van der Waals surface area contributed by atoms with Crippen molar-refractivity contribution in [1.29, 1.82) is 0 Å². The molecule has 1 spiro atoms. The fourth-order valence-electron chi connectivity index (χ4n) is 3.37. The Hall–Kier alpha value is 0.775. The van der Waals surface area contributed by atoms with E-state index in [1.807, 2.05) is 13.8 Å².